The highest BCUT2D eigenvalue weighted by atomic mass is 15.6. The maximum Gasteiger partial charge on any atom is 0.0408 e. The molecular formula is C4H14N4. The number of rotatable bonds is 4. The minimum absolute atomic E-state index is 0.688. The molecule has 4 nitrogen and oxygen atoms in total. The van der Waals surface area contributed by atoms with Crippen molar-refractivity contribution in [3.8, 4) is 0 Å². The van der Waals surface area contributed by atoms with E-state index in [1.807, 2.05) is 6.92 Å². The van der Waals surface area contributed by atoms with Gasteiger partial charge in [0, 0.05) is 13.1 Å². The van der Waals surface area contributed by atoms with Crippen LogP contribution in [0.3, 0.4) is 0 Å². The van der Waals surface area contributed by atoms with Crippen molar-refractivity contribution in [2.45, 2.75) is 6.92 Å². The molecule has 0 spiro atoms. The van der Waals surface area contributed by atoms with Crippen LogP contribution in [0.5, 0.6) is 0 Å². The lowest BCUT2D eigenvalue weighted by atomic mass is 10.6. The SMILES string of the molecule is CCNCCN(N)N. The van der Waals surface area contributed by atoms with Crippen molar-refractivity contribution in [1.29, 1.82) is 0 Å². The van der Waals surface area contributed by atoms with Gasteiger partial charge in [-0.25, -0.2) is 0 Å². The zero-order valence-corrected chi connectivity index (χ0v) is 5.22. The highest BCUT2D eigenvalue weighted by Gasteiger charge is 1.85. The fourth-order valence-electron chi connectivity index (χ4n) is 0.385. The Balaban J connectivity index is 2.72. The average Bonchev–Trinajstić information content (AvgIpc) is 1.66. The zero-order chi connectivity index (χ0) is 6.41. The molecule has 4 heteroatoms. The third kappa shape index (κ3) is 5.84. The van der Waals surface area contributed by atoms with Crippen LogP contribution in [-0.2, 0) is 0 Å². The van der Waals surface area contributed by atoms with E-state index in [1.165, 1.54) is 5.12 Å². The summed E-state index contributed by atoms with van der Waals surface area (Å²) in [6.07, 6.45) is 0. The van der Waals surface area contributed by atoms with Crippen LogP contribution >= 0.6 is 0 Å². The van der Waals surface area contributed by atoms with Gasteiger partial charge < -0.3 is 5.32 Å². The molecule has 0 heterocycles. The number of nitrogens with one attached hydrogen (secondary N) is 1. The van der Waals surface area contributed by atoms with Crippen molar-refractivity contribution in [3.63, 3.8) is 0 Å². The molecule has 0 aliphatic rings. The van der Waals surface area contributed by atoms with Crippen molar-refractivity contribution in [1.82, 2.24) is 10.4 Å². The summed E-state index contributed by atoms with van der Waals surface area (Å²) < 4.78 is 0. The topological polar surface area (TPSA) is 67.3 Å². The van der Waals surface area contributed by atoms with Crippen LogP contribution in [0.25, 0.3) is 0 Å². The molecule has 0 aromatic rings. The Labute approximate surface area is 49.8 Å². The molecule has 0 amide bonds. The molecule has 0 aromatic heterocycles. The van der Waals surface area contributed by atoms with Crippen molar-refractivity contribution < 1.29 is 0 Å². The molecular weight excluding hydrogens is 104 g/mol. The van der Waals surface area contributed by atoms with E-state index in [9.17, 15) is 0 Å². The average molecular weight is 118 g/mol. The van der Waals surface area contributed by atoms with Crippen molar-refractivity contribution in [2.75, 3.05) is 19.6 Å². The second-order valence-electron chi connectivity index (χ2n) is 1.59. The van der Waals surface area contributed by atoms with E-state index in [4.69, 9.17) is 11.7 Å². The molecule has 0 unspecified atom stereocenters. The minimum Gasteiger partial charge on any atom is -0.316 e. The molecule has 0 atom stereocenters. The molecule has 0 saturated carbocycles. The third-order valence-electron chi connectivity index (χ3n) is 0.797. The summed E-state index contributed by atoms with van der Waals surface area (Å²) in [5, 5.41) is 4.25. The largest absolute Gasteiger partial charge is 0.316 e. The molecule has 5 N–H and O–H groups in total. The maximum atomic E-state index is 5.10. The van der Waals surface area contributed by atoms with Crippen molar-refractivity contribution in [3.05, 3.63) is 0 Å². The van der Waals surface area contributed by atoms with Gasteiger partial charge in [-0.05, 0) is 6.54 Å². The van der Waals surface area contributed by atoms with Gasteiger partial charge in [0.2, 0.25) is 0 Å². The summed E-state index contributed by atoms with van der Waals surface area (Å²) in [5.74, 6) is 10.2. The Morgan fingerprint density at radius 3 is 2.50 bits per heavy atom. The van der Waals surface area contributed by atoms with Gasteiger partial charge >= 0.3 is 0 Å². The molecule has 8 heavy (non-hydrogen) atoms. The van der Waals surface area contributed by atoms with Crippen LogP contribution in [0.2, 0.25) is 0 Å². The van der Waals surface area contributed by atoms with Crippen molar-refractivity contribution in [2.24, 2.45) is 11.7 Å². The fraction of sp³-hybridized carbons (Fsp3) is 1.00. The molecule has 50 valence electrons. The van der Waals surface area contributed by atoms with Gasteiger partial charge in [-0.1, -0.05) is 6.92 Å². The highest BCUT2D eigenvalue weighted by Crippen LogP contribution is 1.60. The summed E-state index contributed by atoms with van der Waals surface area (Å²) in [4.78, 5) is 0. The smallest absolute Gasteiger partial charge is 0.0408 e. The minimum atomic E-state index is 0.688. The standard InChI is InChI=1S/C4H14N4/c1-2-7-3-4-8(5)6/h7H,2-6H2,1H3. The van der Waals surface area contributed by atoms with E-state index in [0.717, 1.165) is 13.1 Å². The van der Waals surface area contributed by atoms with E-state index in [1.54, 1.807) is 0 Å². The van der Waals surface area contributed by atoms with Gasteiger partial charge in [-0.15, -0.1) is 0 Å². The summed E-state index contributed by atoms with van der Waals surface area (Å²) in [6, 6.07) is 0. The van der Waals surface area contributed by atoms with Crippen LogP contribution in [0.4, 0.5) is 0 Å². The van der Waals surface area contributed by atoms with E-state index in [-0.39, 0.29) is 0 Å². The van der Waals surface area contributed by atoms with Gasteiger partial charge in [0.25, 0.3) is 0 Å². The third-order valence-corrected chi connectivity index (χ3v) is 0.797. The number of hydrazine groups is 2. The second kappa shape index (κ2) is 4.99. The Kier molecular flexibility index (Phi) is 4.89. The first-order valence-corrected chi connectivity index (χ1v) is 2.75. The molecule has 0 rings (SSSR count). The van der Waals surface area contributed by atoms with Crippen LogP contribution in [0.1, 0.15) is 6.92 Å². The van der Waals surface area contributed by atoms with Gasteiger partial charge in [0.15, 0.2) is 0 Å². The summed E-state index contributed by atoms with van der Waals surface area (Å²) in [6.45, 7) is 4.54. The normalized spacial score (nSPS) is 10.5. The van der Waals surface area contributed by atoms with Crippen LogP contribution in [0.15, 0.2) is 0 Å². The van der Waals surface area contributed by atoms with Gasteiger partial charge in [0.05, 0.1) is 0 Å². The Bertz CT molecular complexity index is 45.3. The first kappa shape index (κ1) is 7.84. The summed E-state index contributed by atoms with van der Waals surface area (Å²) >= 11 is 0. The van der Waals surface area contributed by atoms with Gasteiger partial charge in [0.1, 0.15) is 0 Å². The summed E-state index contributed by atoms with van der Waals surface area (Å²) in [7, 11) is 0. The number of hydrogen-bond acceptors (Lipinski definition) is 4. The summed E-state index contributed by atoms with van der Waals surface area (Å²) in [5.41, 5.74) is 0. The van der Waals surface area contributed by atoms with Crippen molar-refractivity contribution >= 4 is 0 Å². The Hall–Kier alpha value is -0.160. The van der Waals surface area contributed by atoms with Gasteiger partial charge in [-0.3, -0.25) is 11.7 Å². The Morgan fingerprint density at radius 2 is 2.12 bits per heavy atom. The molecule has 0 aliphatic heterocycles. The quantitative estimate of drug-likeness (QED) is 0.242. The molecule has 0 aromatic carbocycles. The molecule has 0 bridgehead atoms. The highest BCUT2D eigenvalue weighted by molar-refractivity contribution is 4.42. The Morgan fingerprint density at radius 1 is 1.50 bits per heavy atom. The number of nitrogens with zero attached hydrogens (tertiary/aromatic N) is 1. The van der Waals surface area contributed by atoms with E-state index < -0.39 is 0 Å². The lowest BCUT2D eigenvalue weighted by molar-refractivity contribution is 0.294. The lowest BCUT2D eigenvalue weighted by Gasteiger charge is -2.07. The number of likely N-dealkylation sites (N-methyl/N-ethyl adjacent to an activating group) is 1. The lowest BCUT2D eigenvalue weighted by Crippen LogP contribution is -2.42. The molecule has 0 saturated heterocycles. The molecule has 0 radical (unpaired) electrons. The van der Waals surface area contributed by atoms with Crippen LogP contribution in [-0.4, -0.2) is 24.8 Å². The van der Waals surface area contributed by atoms with Gasteiger partial charge in [-0.2, -0.15) is 5.12 Å². The first-order valence-electron chi connectivity index (χ1n) is 2.75. The molecule has 0 fully saturated rings. The predicted octanol–water partition coefficient (Wildman–Crippen LogP) is -1.35. The van der Waals surface area contributed by atoms with Crippen LogP contribution in [0, 0.1) is 0 Å². The van der Waals surface area contributed by atoms with Crippen LogP contribution < -0.4 is 17.0 Å². The maximum absolute atomic E-state index is 5.10. The predicted molar refractivity (Wildman–Crippen MR) is 33.6 cm³/mol. The van der Waals surface area contributed by atoms with E-state index in [0.29, 0.717) is 6.54 Å². The van der Waals surface area contributed by atoms with E-state index >= 15 is 0 Å². The first-order chi connectivity index (χ1) is 3.77. The number of nitrogens with two attached hydrogens (primary N) is 2. The second-order valence-corrected chi connectivity index (χ2v) is 1.59. The number of hydrogen-bond donors (Lipinski definition) is 3. The monoisotopic (exact) mass is 118 g/mol. The van der Waals surface area contributed by atoms with E-state index in [2.05, 4.69) is 5.32 Å². The molecule has 0 aliphatic carbocycles. The fourth-order valence-corrected chi connectivity index (χ4v) is 0.385. The zero-order valence-electron chi connectivity index (χ0n) is 5.22.